The van der Waals surface area contributed by atoms with Crippen LogP contribution in [0.15, 0.2) is 18.2 Å². The number of fused-ring (bicyclic) bond motifs is 1. The van der Waals surface area contributed by atoms with Crippen LogP contribution in [0.4, 0.5) is 5.69 Å². The van der Waals surface area contributed by atoms with Gasteiger partial charge in [0.25, 0.3) is 5.91 Å². The number of amides is 3. The Labute approximate surface area is 159 Å². The first-order chi connectivity index (χ1) is 13.1. The molecule has 0 unspecified atom stereocenters. The molecule has 0 saturated heterocycles. The minimum atomic E-state index is -0.261. The first-order valence-electron chi connectivity index (χ1n) is 8.82. The summed E-state index contributed by atoms with van der Waals surface area (Å²) in [4.78, 5) is 44.3. The van der Waals surface area contributed by atoms with Gasteiger partial charge >= 0.3 is 0 Å². The molecule has 27 heavy (non-hydrogen) atoms. The average molecular weight is 371 g/mol. The van der Waals surface area contributed by atoms with Gasteiger partial charge in [0.1, 0.15) is 6.79 Å². The number of terminal acetylenes is 1. The van der Waals surface area contributed by atoms with Crippen molar-refractivity contribution in [2.75, 3.05) is 5.32 Å². The minimum Gasteiger partial charge on any atom is -0.326 e. The van der Waals surface area contributed by atoms with Gasteiger partial charge in [0.2, 0.25) is 11.8 Å². The molecular formula is C20H25N3O4. The fourth-order valence-corrected chi connectivity index (χ4v) is 2.65. The van der Waals surface area contributed by atoms with Crippen molar-refractivity contribution in [2.24, 2.45) is 0 Å². The summed E-state index contributed by atoms with van der Waals surface area (Å²) < 4.78 is 0. The Bertz CT molecular complexity index is 724. The molecule has 1 aromatic rings. The van der Waals surface area contributed by atoms with Gasteiger partial charge in [0, 0.05) is 36.1 Å². The summed E-state index contributed by atoms with van der Waals surface area (Å²) in [6, 6.07) is 5.17. The fraction of sp³-hybridized carbons (Fsp3) is 0.400. The molecule has 7 heteroatoms. The van der Waals surface area contributed by atoms with Crippen LogP contribution in [-0.2, 0) is 20.9 Å². The lowest BCUT2D eigenvalue weighted by Gasteiger charge is -2.17. The largest absolute Gasteiger partial charge is 0.326 e. The van der Waals surface area contributed by atoms with Crippen molar-refractivity contribution >= 4 is 30.2 Å². The highest BCUT2D eigenvalue weighted by molar-refractivity contribution is 6.02. The summed E-state index contributed by atoms with van der Waals surface area (Å²) in [7, 11) is 0. The Balaban J connectivity index is 0.00000176. The zero-order chi connectivity index (χ0) is 20.2. The van der Waals surface area contributed by atoms with Crippen molar-refractivity contribution in [1.82, 2.24) is 10.4 Å². The van der Waals surface area contributed by atoms with Crippen LogP contribution in [0, 0.1) is 12.3 Å². The number of benzene rings is 1. The Morgan fingerprint density at radius 2 is 1.93 bits per heavy atom. The molecule has 2 rings (SSSR count). The third kappa shape index (κ3) is 6.26. The fourth-order valence-electron chi connectivity index (χ4n) is 2.65. The highest BCUT2D eigenvalue weighted by Crippen LogP contribution is 2.28. The van der Waals surface area contributed by atoms with Gasteiger partial charge in [-0.1, -0.05) is 19.4 Å². The standard InChI is InChI=1S/C19H23N3O3.CH2O/c1-3-5-7-12-17(23)20-16-10-8-9-14-15(16)13-22(19(14)25)21-18(24)11-6-4-2;1-2/h1,8-10H,4-7,11-13H2,2H3,(H,20,23)(H,21,24);1H2. The molecule has 0 radical (unpaired) electrons. The van der Waals surface area contributed by atoms with Crippen LogP contribution in [0.3, 0.4) is 0 Å². The lowest BCUT2D eigenvalue weighted by atomic mass is 10.1. The van der Waals surface area contributed by atoms with Gasteiger partial charge in [0.05, 0.1) is 6.54 Å². The van der Waals surface area contributed by atoms with E-state index in [-0.39, 0.29) is 24.3 Å². The number of unbranched alkanes of at least 4 members (excludes halogenated alkanes) is 2. The minimum absolute atomic E-state index is 0.137. The molecule has 144 valence electrons. The van der Waals surface area contributed by atoms with Crippen LogP contribution < -0.4 is 10.7 Å². The Kier molecular flexibility index (Phi) is 9.30. The van der Waals surface area contributed by atoms with E-state index in [2.05, 4.69) is 16.7 Å². The molecule has 0 fully saturated rings. The molecule has 2 N–H and O–H groups in total. The molecule has 1 aliphatic heterocycles. The molecule has 0 aromatic heterocycles. The van der Waals surface area contributed by atoms with Crippen LogP contribution in [-0.4, -0.2) is 29.5 Å². The summed E-state index contributed by atoms with van der Waals surface area (Å²) in [5.41, 5.74) is 4.46. The van der Waals surface area contributed by atoms with E-state index in [1.807, 2.05) is 13.7 Å². The van der Waals surface area contributed by atoms with E-state index < -0.39 is 0 Å². The molecule has 1 aromatic carbocycles. The smallest absolute Gasteiger partial charge is 0.273 e. The van der Waals surface area contributed by atoms with Crippen LogP contribution >= 0.6 is 0 Å². The normalized spacial score (nSPS) is 11.7. The number of rotatable bonds is 8. The van der Waals surface area contributed by atoms with E-state index in [1.54, 1.807) is 18.2 Å². The Morgan fingerprint density at radius 3 is 2.59 bits per heavy atom. The van der Waals surface area contributed by atoms with Gasteiger partial charge in [-0.25, -0.2) is 5.01 Å². The Morgan fingerprint density at radius 1 is 1.22 bits per heavy atom. The van der Waals surface area contributed by atoms with Crippen LogP contribution in [0.5, 0.6) is 0 Å². The number of nitrogens with zero attached hydrogens (tertiary/aromatic N) is 1. The second-order valence-electron chi connectivity index (χ2n) is 5.97. The molecule has 3 amide bonds. The molecule has 0 spiro atoms. The van der Waals surface area contributed by atoms with Crippen molar-refractivity contribution in [3.05, 3.63) is 29.3 Å². The lowest BCUT2D eigenvalue weighted by molar-refractivity contribution is -0.125. The summed E-state index contributed by atoms with van der Waals surface area (Å²) in [5, 5.41) is 4.13. The number of hydrogen-bond acceptors (Lipinski definition) is 4. The Hall–Kier alpha value is -3.14. The molecule has 7 nitrogen and oxygen atoms in total. The first-order valence-corrected chi connectivity index (χ1v) is 8.82. The van der Waals surface area contributed by atoms with Gasteiger partial charge < -0.3 is 10.1 Å². The van der Waals surface area contributed by atoms with Gasteiger partial charge in [-0.2, -0.15) is 0 Å². The summed E-state index contributed by atoms with van der Waals surface area (Å²) >= 11 is 0. The number of hydrazine groups is 1. The van der Waals surface area contributed by atoms with E-state index in [4.69, 9.17) is 11.2 Å². The maximum absolute atomic E-state index is 12.4. The van der Waals surface area contributed by atoms with Gasteiger partial charge in [-0.05, 0) is 25.0 Å². The topological polar surface area (TPSA) is 95.6 Å². The molecule has 1 aliphatic rings. The van der Waals surface area contributed by atoms with Crippen LogP contribution in [0.25, 0.3) is 0 Å². The third-order valence-electron chi connectivity index (χ3n) is 3.98. The van der Waals surface area contributed by atoms with Crippen molar-refractivity contribution in [2.45, 2.75) is 52.0 Å². The van der Waals surface area contributed by atoms with Gasteiger partial charge in [0.15, 0.2) is 0 Å². The van der Waals surface area contributed by atoms with Crippen LogP contribution in [0.1, 0.15) is 61.4 Å². The predicted octanol–water partition coefficient (Wildman–Crippen LogP) is 2.42. The van der Waals surface area contributed by atoms with E-state index in [0.717, 1.165) is 12.8 Å². The van der Waals surface area contributed by atoms with Crippen molar-refractivity contribution in [1.29, 1.82) is 0 Å². The SMILES string of the molecule is C#CCCCC(=O)Nc1cccc2c1CN(NC(=O)CCCC)C2=O.C=O. The third-order valence-corrected chi connectivity index (χ3v) is 3.98. The predicted molar refractivity (Wildman–Crippen MR) is 102 cm³/mol. The van der Waals surface area contributed by atoms with Gasteiger partial charge in [-0.3, -0.25) is 19.8 Å². The zero-order valence-corrected chi connectivity index (χ0v) is 15.5. The maximum atomic E-state index is 12.4. The number of hydrogen-bond donors (Lipinski definition) is 2. The second-order valence-corrected chi connectivity index (χ2v) is 5.97. The van der Waals surface area contributed by atoms with E-state index in [0.29, 0.717) is 42.5 Å². The van der Waals surface area contributed by atoms with Gasteiger partial charge in [-0.15, -0.1) is 12.3 Å². The molecule has 0 atom stereocenters. The molecular weight excluding hydrogens is 346 g/mol. The highest BCUT2D eigenvalue weighted by atomic mass is 16.2. The molecule has 0 aliphatic carbocycles. The van der Waals surface area contributed by atoms with E-state index in [9.17, 15) is 14.4 Å². The molecule has 0 saturated carbocycles. The quantitative estimate of drug-likeness (QED) is 0.542. The number of anilines is 1. The van der Waals surface area contributed by atoms with Crippen molar-refractivity contribution in [3.63, 3.8) is 0 Å². The monoisotopic (exact) mass is 371 g/mol. The van der Waals surface area contributed by atoms with Crippen molar-refractivity contribution < 1.29 is 19.2 Å². The summed E-state index contributed by atoms with van der Waals surface area (Å²) in [5.74, 6) is 1.93. The highest BCUT2D eigenvalue weighted by Gasteiger charge is 2.30. The van der Waals surface area contributed by atoms with E-state index >= 15 is 0 Å². The maximum Gasteiger partial charge on any atom is 0.273 e. The number of carbonyl (C=O) groups is 4. The number of nitrogens with one attached hydrogen (secondary N) is 2. The van der Waals surface area contributed by atoms with E-state index in [1.165, 1.54) is 5.01 Å². The lowest BCUT2D eigenvalue weighted by Crippen LogP contribution is -2.42. The zero-order valence-electron chi connectivity index (χ0n) is 15.5. The summed E-state index contributed by atoms with van der Waals surface area (Å²) in [6.45, 7) is 4.25. The molecule has 1 heterocycles. The van der Waals surface area contributed by atoms with Crippen molar-refractivity contribution in [3.8, 4) is 12.3 Å². The molecule has 0 bridgehead atoms. The number of carbonyl (C=O) groups excluding carboxylic acids is 4. The average Bonchev–Trinajstić information content (AvgIpc) is 2.99. The van der Waals surface area contributed by atoms with Crippen LogP contribution in [0.2, 0.25) is 0 Å². The first kappa shape index (κ1) is 21.9. The second kappa shape index (κ2) is 11.5. The summed E-state index contributed by atoms with van der Waals surface area (Å²) in [6.07, 6.45) is 8.76.